The normalized spacial score (nSPS) is 21.7. The lowest BCUT2D eigenvalue weighted by Gasteiger charge is -2.28. The van der Waals surface area contributed by atoms with Crippen LogP contribution in [-0.4, -0.2) is 18.1 Å². The van der Waals surface area contributed by atoms with Gasteiger partial charge < -0.3 is 10.1 Å². The van der Waals surface area contributed by atoms with Crippen molar-refractivity contribution in [3.63, 3.8) is 0 Å². The first-order valence-corrected chi connectivity index (χ1v) is 6.41. The lowest BCUT2D eigenvalue weighted by atomic mass is 9.94. The average Bonchev–Trinajstić information content (AvgIpc) is 2.36. The summed E-state index contributed by atoms with van der Waals surface area (Å²) in [5, 5.41) is 2.57. The largest absolute Gasteiger partial charge is 0.446 e. The van der Waals surface area contributed by atoms with Crippen LogP contribution in [0.4, 0.5) is 13.6 Å². The molecule has 104 valence electrons. The molecule has 1 unspecified atom stereocenters. The zero-order valence-corrected chi connectivity index (χ0v) is 10.6. The van der Waals surface area contributed by atoms with Crippen LogP contribution in [0.25, 0.3) is 0 Å². The Hall–Kier alpha value is -1.65. The number of ether oxygens (including phenoxy) is 1. The molecule has 1 atom stereocenters. The molecular weight excluding hydrogens is 252 g/mol. The molecule has 1 amide bonds. The van der Waals surface area contributed by atoms with E-state index in [1.807, 2.05) is 30.3 Å². The topological polar surface area (TPSA) is 38.3 Å². The molecular formula is C14H17F2NO2. The van der Waals surface area contributed by atoms with Gasteiger partial charge in [0.2, 0.25) is 0 Å². The highest BCUT2D eigenvalue weighted by atomic mass is 19.3. The van der Waals surface area contributed by atoms with E-state index in [0.29, 0.717) is 19.4 Å². The number of alkyl carbamates (subject to hydrolysis) is 1. The Morgan fingerprint density at radius 3 is 2.79 bits per heavy atom. The van der Waals surface area contributed by atoms with Gasteiger partial charge >= 0.3 is 6.09 Å². The van der Waals surface area contributed by atoms with Crippen molar-refractivity contribution in [2.24, 2.45) is 0 Å². The molecule has 1 saturated carbocycles. The molecule has 0 aliphatic heterocycles. The molecule has 1 aromatic rings. The van der Waals surface area contributed by atoms with Crippen LogP contribution in [-0.2, 0) is 11.3 Å². The summed E-state index contributed by atoms with van der Waals surface area (Å²) >= 11 is 0. The number of benzene rings is 1. The Morgan fingerprint density at radius 2 is 2.11 bits per heavy atom. The van der Waals surface area contributed by atoms with Gasteiger partial charge in [-0.3, -0.25) is 0 Å². The van der Waals surface area contributed by atoms with Gasteiger partial charge in [0.25, 0.3) is 5.92 Å². The van der Waals surface area contributed by atoms with E-state index in [2.05, 4.69) is 5.32 Å². The quantitative estimate of drug-likeness (QED) is 0.912. The minimum absolute atomic E-state index is 0.113. The Labute approximate surface area is 111 Å². The minimum atomic E-state index is -2.71. The van der Waals surface area contributed by atoms with Crippen LogP contribution in [0.2, 0.25) is 0 Å². The highest BCUT2D eigenvalue weighted by Gasteiger charge is 2.37. The molecule has 1 N–H and O–H groups in total. The summed E-state index contributed by atoms with van der Waals surface area (Å²) in [7, 11) is 0. The first-order valence-electron chi connectivity index (χ1n) is 6.41. The fourth-order valence-corrected chi connectivity index (χ4v) is 2.19. The lowest BCUT2D eigenvalue weighted by molar-refractivity contribution is -0.0783. The zero-order chi connectivity index (χ0) is 13.7. The van der Waals surface area contributed by atoms with E-state index < -0.39 is 18.1 Å². The first-order chi connectivity index (χ1) is 9.05. The molecule has 1 aliphatic carbocycles. The summed E-state index contributed by atoms with van der Waals surface area (Å²) in [6.07, 6.45) is -0.895. The van der Waals surface area contributed by atoms with Gasteiger partial charge in [0.15, 0.2) is 0 Å². The van der Waals surface area contributed by atoms with Crippen molar-refractivity contribution < 1.29 is 18.3 Å². The third-order valence-corrected chi connectivity index (χ3v) is 3.15. The van der Waals surface area contributed by atoms with Crippen molar-refractivity contribution in [2.45, 2.75) is 44.3 Å². The maximum Gasteiger partial charge on any atom is 0.407 e. The predicted octanol–water partition coefficient (Wildman–Crippen LogP) is 3.49. The molecule has 2 rings (SSSR count). The lowest BCUT2D eigenvalue weighted by Crippen LogP contribution is -2.35. The molecule has 1 fully saturated rings. The van der Waals surface area contributed by atoms with E-state index in [4.69, 9.17) is 4.74 Å². The molecule has 1 aromatic carbocycles. The van der Waals surface area contributed by atoms with Gasteiger partial charge in [0.1, 0.15) is 6.10 Å². The van der Waals surface area contributed by atoms with Crippen LogP contribution < -0.4 is 5.32 Å². The van der Waals surface area contributed by atoms with Gasteiger partial charge in [-0.15, -0.1) is 0 Å². The Balaban J connectivity index is 1.75. The van der Waals surface area contributed by atoms with Gasteiger partial charge in [-0.25, -0.2) is 13.6 Å². The summed E-state index contributed by atoms with van der Waals surface area (Å²) < 4.78 is 31.3. The average molecular weight is 269 g/mol. The summed E-state index contributed by atoms with van der Waals surface area (Å²) in [6.45, 7) is 0.336. The van der Waals surface area contributed by atoms with Gasteiger partial charge in [-0.05, 0) is 18.4 Å². The second-order valence-electron chi connectivity index (χ2n) is 4.82. The highest BCUT2D eigenvalue weighted by Crippen LogP contribution is 2.34. The number of carbonyl (C=O) groups is 1. The molecule has 0 radical (unpaired) electrons. The Bertz CT molecular complexity index is 423. The Morgan fingerprint density at radius 1 is 1.37 bits per heavy atom. The fourth-order valence-electron chi connectivity index (χ4n) is 2.19. The van der Waals surface area contributed by atoms with Crippen LogP contribution >= 0.6 is 0 Å². The molecule has 0 bridgehead atoms. The second kappa shape index (κ2) is 5.99. The van der Waals surface area contributed by atoms with E-state index >= 15 is 0 Å². The number of amides is 1. The van der Waals surface area contributed by atoms with Crippen molar-refractivity contribution >= 4 is 6.09 Å². The van der Waals surface area contributed by atoms with Crippen LogP contribution in [0.3, 0.4) is 0 Å². The van der Waals surface area contributed by atoms with E-state index in [-0.39, 0.29) is 12.8 Å². The van der Waals surface area contributed by atoms with Crippen molar-refractivity contribution in [1.82, 2.24) is 5.32 Å². The van der Waals surface area contributed by atoms with Crippen LogP contribution in [0, 0.1) is 0 Å². The van der Waals surface area contributed by atoms with Crippen molar-refractivity contribution in [3.05, 3.63) is 35.9 Å². The Kier molecular flexibility index (Phi) is 4.35. The highest BCUT2D eigenvalue weighted by molar-refractivity contribution is 5.67. The summed E-state index contributed by atoms with van der Waals surface area (Å²) in [5.41, 5.74) is 0.938. The van der Waals surface area contributed by atoms with E-state index in [9.17, 15) is 13.6 Å². The summed E-state index contributed by atoms with van der Waals surface area (Å²) in [6, 6.07) is 9.35. The molecule has 5 heteroatoms. The first kappa shape index (κ1) is 13.8. The molecule has 19 heavy (non-hydrogen) atoms. The monoisotopic (exact) mass is 269 g/mol. The van der Waals surface area contributed by atoms with Gasteiger partial charge in [0, 0.05) is 19.4 Å². The number of rotatable bonds is 3. The molecule has 3 nitrogen and oxygen atoms in total. The molecule has 0 aromatic heterocycles. The number of nitrogens with one attached hydrogen (secondary N) is 1. The molecule has 0 saturated heterocycles. The number of carbonyl (C=O) groups excluding carboxylic acids is 1. The van der Waals surface area contributed by atoms with E-state index in [0.717, 1.165) is 5.56 Å². The van der Waals surface area contributed by atoms with Crippen LogP contribution in [0.5, 0.6) is 0 Å². The molecule has 1 aliphatic rings. The third kappa shape index (κ3) is 4.50. The van der Waals surface area contributed by atoms with Gasteiger partial charge in [-0.1, -0.05) is 30.3 Å². The summed E-state index contributed by atoms with van der Waals surface area (Å²) in [5.74, 6) is -2.71. The SMILES string of the molecule is O=C(NCc1ccccc1)OC1CCCC(F)(F)C1. The molecule has 0 spiro atoms. The minimum Gasteiger partial charge on any atom is -0.446 e. The van der Waals surface area contributed by atoms with Crippen LogP contribution in [0.15, 0.2) is 30.3 Å². The number of halogens is 2. The maximum atomic E-state index is 13.1. The predicted molar refractivity (Wildman–Crippen MR) is 67.0 cm³/mol. The summed E-state index contributed by atoms with van der Waals surface area (Å²) in [4.78, 5) is 11.5. The van der Waals surface area contributed by atoms with Crippen LogP contribution in [0.1, 0.15) is 31.2 Å². The molecule has 0 heterocycles. The number of hydrogen-bond donors (Lipinski definition) is 1. The number of hydrogen-bond acceptors (Lipinski definition) is 2. The van der Waals surface area contributed by atoms with E-state index in [1.54, 1.807) is 0 Å². The van der Waals surface area contributed by atoms with E-state index in [1.165, 1.54) is 0 Å². The zero-order valence-electron chi connectivity index (χ0n) is 10.6. The van der Waals surface area contributed by atoms with Gasteiger partial charge in [0.05, 0.1) is 0 Å². The van der Waals surface area contributed by atoms with Crippen molar-refractivity contribution in [1.29, 1.82) is 0 Å². The second-order valence-corrected chi connectivity index (χ2v) is 4.82. The maximum absolute atomic E-state index is 13.1. The van der Waals surface area contributed by atoms with Crippen molar-refractivity contribution in [3.8, 4) is 0 Å². The smallest absolute Gasteiger partial charge is 0.407 e. The van der Waals surface area contributed by atoms with Gasteiger partial charge in [-0.2, -0.15) is 0 Å². The standard InChI is InChI=1S/C14H17F2NO2/c15-14(16)8-4-7-12(9-14)19-13(18)17-10-11-5-2-1-3-6-11/h1-3,5-6,12H,4,7-10H2,(H,17,18). The fraction of sp³-hybridized carbons (Fsp3) is 0.500. The third-order valence-electron chi connectivity index (χ3n) is 3.15. The number of alkyl halides is 2. The van der Waals surface area contributed by atoms with Crippen molar-refractivity contribution in [2.75, 3.05) is 0 Å².